The fourth-order valence-electron chi connectivity index (χ4n) is 3.35. The number of carbonyl (C=O) groups is 1. The number of fused-ring (bicyclic) bond motifs is 1. The Labute approximate surface area is 138 Å². The molecular weight excluding hydrogens is 323 g/mol. The first-order valence-electron chi connectivity index (χ1n) is 8.45. The molecule has 3 rings (SSSR count). The van der Waals surface area contributed by atoms with Crippen LogP contribution in [0, 0.1) is 5.92 Å². The van der Waals surface area contributed by atoms with Gasteiger partial charge in [0.1, 0.15) is 5.82 Å². The molecule has 0 saturated carbocycles. The number of carbonyl (C=O) groups excluding carboxylic acids is 1. The molecule has 1 N–H and O–H groups in total. The second-order valence-electron chi connectivity index (χ2n) is 6.46. The molecule has 0 spiro atoms. The van der Waals surface area contributed by atoms with Crippen LogP contribution in [-0.4, -0.2) is 45.0 Å². The first kappa shape index (κ1) is 17.0. The molecule has 2 amide bonds. The largest absolute Gasteiger partial charge is 0.391 e. The number of piperidine rings is 1. The van der Waals surface area contributed by atoms with Gasteiger partial charge in [0.05, 0.1) is 12.5 Å². The van der Waals surface area contributed by atoms with Gasteiger partial charge in [-0.05, 0) is 25.7 Å². The number of hydrogen-bond acceptors (Lipinski definition) is 3. The summed E-state index contributed by atoms with van der Waals surface area (Å²) in [6.45, 7) is 1.37. The lowest BCUT2D eigenvalue weighted by molar-refractivity contribution is -0.183. The first-order valence-corrected chi connectivity index (χ1v) is 8.45. The molecule has 134 valence electrons. The summed E-state index contributed by atoms with van der Waals surface area (Å²) in [4.78, 5) is 13.6. The number of amides is 2. The van der Waals surface area contributed by atoms with E-state index in [1.165, 1.54) is 4.90 Å². The number of aromatic nitrogens is 3. The standard InChI is InChI=1S/C15H22F3N5O/c16-15(17,18)11-5-8-22(9-6-11)14(24)19-10-13-21-20-12-4-2-1-3-7-23(12)13/h11H,1-10H2,(H,19,24). The third kappa shape index (κ3) is 3.81. The molecule has 0 atom stereocenters. The van der Waals surface area contributed by atoms with Gasteiger partial charge in [0, 0.05) is 26.1 Å². The Balaban J connectivity index is 1.51. The summed E-state index contributed by atoms with van der Waals surface area (Å²) in [7, 11) is 0. The highest BCUT2D eigenvalue weighted by molar-refractivity contribution is 5.74. The van der Waals surface area contributed by atoms with Gasteiger partial charge >= 0.3 is 12.2 Å². The fourth-order valence-corrected chi connectivity index (χ4v) is 3.35. The van der Waals surface area contributed by atoms with Crippen LogP contribution in [0.1, 0.15) is 43.8 Å². The normalized spacial score (nSPS) is 19.7. The van der Waals surface area contributed by atoms with Crippen LogP contribution in [-0.2, 0) is 19.5 Å². The fraction of sp³-hybridized carbons (Fsp3) is 0.800. The van der Waals surface area contributed by atoms with Gasteiger partial charge in [0.25, 0.3) is 0 Å². The van der Waals surface area contributed by atoms with E-state index in [1.54, 1.807) is 0 Å². The van der Waals surface area contributed by atoms with E-state index in [1.807, 2.05) is 4.57 Å². The van der Waals surface area contributed by atoms with Crippen LogP contribution in [0.4, 0.5) is 18.0 Å². The zero-order chi connectivity index (χ0) is 17.2. The molecule has 0 aliphatic carbocycles. The summed E-state index contributed by atoms with van der Waals surface area (Å²) in [6, 6.07) is -0.332. The zero-order valence-electron chi connectivity index (χ0n) is 13.5. The number of aryl methyl sites for hydroxylation is 1. The zero-order valence-corrected chi connectivity index (χ0v) is 13.5. The molecular formula is C15H22F3N5O. The molecule has 6 nitrogen and oxygen atoms in total. The number of halogens is 3. The van der Waals surface area contributed by atoms with Gasteiger partial charge in [0.15, 0.2) is 5.82 Å². The highest BCUT2D eigenvalue weighted by Crippen LogP contribution is 2.34. The monoisotopic (exact) mass is 345 g/mol. The lowest BCUT2D eigenvalue weighted by Crippen LogP contribution is -2.46. The molecule has 1 aromatic heterocycles. The van der Waals surface area contributed by atoms with Gasteiger partial charge in [-0.1, -0.05) is 6.42 Å². The molecule has 1 fully saturated rings. The van der Waals surface area contributed by atoms with E-state index in [0.29, 0.717) is 5.82 Å². The first-order chi connectivity index (χ1) is 11.4. The number of nitrogens with zero attached hydrogens (tertiary/aromatic N) is 4. The number of nitrogens with one attached hydrogen (secondary N) is 1. The summed E-state index contributed by atoms with van der Waals surface area (Å²) in [6.07, 6.45) is -0.0129. The van der Waals surface area contributed by atoms with Crippen LogP contribution in [0.2, 0.25) is 0 Å². The highest BCUT2D eigenvalue weighted by Gasteiger charge is 2.41. The molecule has 1 saturated heterocycles. The Morgan fingerprint density at radius 3 is 2.58 bits per heavy atom. The molecule has 0 aromatic carbocycles. The lowest BCUT2D eigenvalue weighted by Gasteiger charge is -2.32. The molecule has 2 aliphatic rings. The topological polar surface area (TPSA) is 63.1 Å². The van der Waals surface area contributed by atoms with Crippen LogP contribution in [0.25, 0.3) is 0 Å². The summed E-state index contributed by atoms with van der Waals surface area (Å²) in [5.41, 5.74) is 0. The second-order valence-corrected chi connectivity index (χ2v) is 6.46. The average Bonchev–Trinajstić information content (AvgIpc) is 2.78. The van der Waals surface area contributed by atoms with Crippen molar-refractivity contribution in [2.45, 2.75) is 57.8 Å². The number of rotatable bonds is 2. The van der Waals surface area contributed by atoms with Crippen molar-refractivity contribution in [3.05, 3.63) is 11.6 Å². The maximum absolute atomic E-state index is 12.7. The summed E-state index contributed by atoms with van der Waals surface area (Å²) in [5.74, 6) is 0.363. The number of likely N-dealkylation sites (tertiary alicyclic amines) is 1. The number of alkyl halides is 3. The Morgan fingerprint density at radius 1 is 1.12 bits per heavy atom. The van der Waals surface area contributed by atoms with E-state index >= 15 is 0 Å². The molecule has 0 bridgehead atoms. The van der Waals surface area contributed by atoms with Crippen molar-refractivity contribution in [2.75, 3.05) is 13.1 Å². The van der Waals surface area contributed by atoms with Gasteiger partial charge < -0.3 is 14.8 Å². The SMILES string of the molecule is O=C(NCc1nnc2n1CCCCC2)N1CCC(C(F)(F)F)CC1. The predicted octanol–water partition coefficient (Wildman–Crippen LogP) is 2.49. The van der Waals surface area contributed by atoms with Gasteiger partial charge in [0.2, 0.25) is 0 Å². The summed E-state index contributed by atoms with van der Waals surface area (Å²) >= 11 is 0. The quantitative estimate of drug-likeness (QED) is 0.896. The van der Waals surface area contributed by atoms with Crippen LogP contribution in [0.5, 0.6) is 0 Å². The van der Waals surface area contributed by atoms with Crippen molar-refractivity contribution in [2.24, 2.45) is 5.92 Å². The van der Waals surface area contributed by atoms with Crippen molar-refractivity contribution in [3.8, 4) is 0 Å². The van der Waals surface area contributed by atoms with Gasteiger partial charge in [-0.25, -0.2) is 4.79 Å². The predicted molar refractivity (Wildman–Crippen MR) is 80.2 cm³/mol. The van der Waals surface area contributed by atoms with E-state index in [4.69, 9.17) is 0 Å². The maximum atomic E-state index is 12.7. The second kappa shape index (κ2) is 6.98. The molecule has 2 aliphatic heterocycles. The molecule has 1 aromatic rings. The van der Waals surface area contributed by atoms with E-state index in [0.717, 1.165) is 38.1 Å². The van der Waals surface area contributed by atoms with Crippen LogP contribution in [0.3, 0.4) is 0 Å². The Kier molecular flexibility index (Phi) is 4.96. The molecule has 3 heterocycles. The van der Waals surface area contributed by atoms with Crippen LogP contribution < -0.4 is 5.32 Å². The molecule has 24 heavy (non-hydrogen) atoms. The third-order valence-corrected chi connectivity index (χ3v) is 4.83. The maximum Gasteiger partial charge on any atom is 0.391 e. The minimum Gasteiger partial charge on any atom is -0.331 e. The van der Waals surface area contributed by atoms with E-state index in [9.17, 15) is 18.0 Å². The third-order valence-electron chi connectivity index (χ3n) is 4.83. The Hall–Kier alpha value is -1.80. The van der Waals surface area contributed by atoms with E-state index in [2.05, 4.69) is 15.5 Å². The summed E-state index contributed by atoms with van der Waals surface area (Å²) < 4.78 is 40.0. The molecule has 0 radical (unpaired) electrons. The minimum absolute atomic E-state index is 0.0305. The van der Waals surface area contributed by atoms with Gasteiger partial charge in [-0.3, -0.25) is 0 Å². The van der Waals surface area contributed by atoms with Crippen molar-refractivity contribution < 1.29 is 18.0 Å². The van der Waals surface area contributed by atoms with Crippen molar-refractivity contribution in [3.63, 3.8) is 0 Å². The van der Waals surface area contributed by atoms with Crippen LogP contribution >= 0.6 is 0 Å². The van der Waals surface area contributed by atoms with E-state index in [-0.39, 0.29) is 38.5 Å². The Morgan fingerprint density at radius 2 is 1.88 bits per heavy atom. The lowest BCUT2D eigenvalue weighted by atomic mass is 9.96. The smallest absolute Gasteiger partial charge is 0.331 e. The number of hydrogen-bond donors (Lipinski definition) is 1. The van der Waals surface area contributed by atoms with E-state index < -0.39 is 12.1 Å². The molecule has 0 unspecified atom stereocenters. The van der Waals surface area contributed by atoms with Gasteiger partial charge in [-0.15, -0.1) is 10.2 Å². The minimum atomic E-state index is -4.17. The van der Waals surface area contributed by atoms with Gasteiger partial charge in [-0.2, -0.15) is 13.2 Å². The molecule has 9 heteroatoms. The average molecular weight is 345 g/mol. The highest BCUT2D eigenvalue weighted by atomic mass is 19.4. The summed E-state index contributed by atoms with van der Waals surface area (Å²) in [5, 5.41) is 11.1. The van der Waals surface area contributed by atoms with Crippen molar-refractivity contribution in [1.82, 2.24) is 25.0 Å². The Bertz CT molecular complexity index is 578. The van der Waals surface area contributed by atoms with Crippen molar-refractivity contribution >= 4 is 6.03 Å². The van der Waals surface area contributed by atoms with Crippen molar-refractivity contribution in [1.29, 1.82) is 0 Å². The number of urea groups is 1. The van der Waals surface area contributed by atoms with Crippen LogP contribution in [0.15, 0.2) is 0 Å².